The highest BCUT2D eigenvalue weighted by Crippen LogP contribution is 2.37. The Kier molecular flexibility index (Phi) is 9.34. The van der Waals surface area contributed by atoms with E-state index >= 15 is 0 Å². The minimum atomic E-state index is -0.394. The number of nitrogens with zero attached hydrogens (tertiary/aromatic N) is 2. The summed E-state index contributed by atoms with van der Waals surface area (Å²) in [6.45, 7) is 9.80. The second kappa shape index (κ2) is 12.9. The van der Waals surface area contributed by atoms with E-state index in [4.69, 9.17) is 4.74 Å². The van der Waals surface area contributed by atoms with Crippen molar-refractivity contribution in [2.24, 2.45) is 0 Å². The minimum Gasteiger partial charge on any atom is -0.463 e. The van der Waals surface area contributed by atoms with Crippen molar-refractivity contribution >= 4 is 17.8 Å². The monoisotopic (exact) mass is 517 g/mol. The fourth-order valence-corrected chi connectivity index (χ4v) is 5.37. The topological polar surface area (TPSA) is 79.0 Å². The summed E-state index contributed by atoms with van der Waals surface area (Å²) in [7, 11) is 0. The van der Waals surface area contributed by atoms with Crippen LogP contribution in [0, 0.1) is 6.92 Å². The average Bonchev–Trinajstić information content (AvgIpc) is 2.92. The third-order valence-corrected chi connectivity index (χ3v) is 7.49. The van der Waals surface area contributed by atoms with E-state index in [2.05, 4.69) is 10.2 Å². The molecule has 7 heteroatoms. The molecular weight excluding hydrogens is 478 g/mol. The first-order chi connectivity index (χ1) is 18.4. The number of benzene rings is 2. The molecule has 2 aliphatic rings. The summed E-state index contributed by atoms with van der Waals surface area (Å²) in [5.41, 5.74) is 4.55. The highest BCUT2D eigenvalue weighted by Gasteiger charge is 2.36. The number of allylic oxidation sites excluding steroid dienone is 1. The lowest BCUT2D eigenvalue weighted by Gasteiger charge is -2.34. The van der Waals surface area contributed by atoms with Crippen LogP contribution in [0.1, 0.15) is 72.5 Å². The number of nitrogens with one attached hydrogen (secondary N) is 1. The van der Waals surface area contributed by atoms with E-state index < -0.39 is 5.97 Å². The molecule has 4 rings (SSSR count). The Morgan fingerprint density at radius 3 is 2.47 bits per heavy atom. The number of esters is 1. The summed E-state index contributed by atoms with van der Waals surface area (Å²) in [6.07, 6.45) is 3.92. The van der Waals surface area contributed by atoms with Gasteiger partial charge in [-0.25, -0.2) is 4.79 Å². The number of ether oxygens (including phenoxy) is 1. The van der Waals surface area contributed by atoms with Crippen LogP contribution >= 0.6 is 0 Å². The largest absolute Gasteiger partial charge is 0.463 e. The second-order valence-corrected chi connectivity index (χ2v) is 10.2. The Labute approximate surface area is 225 Å². The minimum absolute atomic E-state index is 0.0579. The first kappa shape index (κ1) is 27.6. The number of carbonyl (C=O) groups is 3. The molecule has 2 amide bonds. The maximum Gasteiger partial charge on any atom is 0.336 e. The van der Waals surface area contributed by atoms with E-state index in [-0.39, 0.29) is 37.3 Å². The van der Waals surface area contributed by atoms with Gasteiger partial charge in [-0.15, -0.1) is 0 Å². The Morgan fingerprint density at radius 2 is 1.76 bits per heavy atom. The van der Waals surface area contributed by atoms with Crippen molar-refractivity contribution in [1.29, 1.82) is 0 Å². The Hall–Kier alpha value is -3.45. The van der Waals surface area contributed by atoms with Gasteiger partial charge in [-0.1, -0.05) is 48.4 Å². The molecule has 0 aliphatic carbocycles. The molecule has 0 saturated carbocycles. The Bertz CT molecular complexity index is 1180. The maximum absolute atomic E-state index is 13.4. The van der Waals surface area contributed by atoms with Crippen molar-refractivity contribution in [3.8, 4) is 0 Å². The SMILES string of the molecule is CCOC(=O)C1=C(C)N(Cc2cccc(C(=O)NCCN3CCCCC3)c2)C(=O)CC1c1ccc(C)cc1. The van der Waals surface area contributed by atoms with Gasteiger partial charge in [0, 0.05) is 36.7 Å². The number of hydrogen-bond donors (Lipinski definition) is 1. The van der Waals surface area contributed by atoms with Gasteiger partial charge in [-0.05, 0) is 70.0 Å². The van der Waals surface area contributed by atoms with Gasteiger partial charge in [-0.2, -0.15) is 0 Å². The van der Waals surface area contributed by atoms with E-state index in [0.717, 1.165) is 36.3 Å². The molecule has 0 aromatic heterocycles. The van der Waals surface area contributed by atoms with Crippen LogP contribution in [0.15, 0.2) is 59.8 Å². The quantitative estimate of drug-likeness (QED) is 0.493. The van der Waals surface area contributed by atoms with Gasteiger partial charge in [-0.3, -0.25) is 9.59 Å². The molecule has 2 aromatic carbocycles. The summed E-state index contributed by atoms with van der Waals surface area (Å²) < 4.78 is 5.40. The van der Waals surface area contributed by atoms with E-state index in [1.807, 2.05) is 56.3 Å². The number of carbonyl (C=O) groups excluding carboxylic acids is 3. The molecule has 0 radical (unpaired) electrons. The first-order valence-electron chi connectivity index (χ1n) is 13.7. The van der Waals surface area contributed by atoms with Crippen LogP contribution < -0.4 is 5.32 Å². The van der Waals surface area contributed by atoms with Crippen molar-refractivity contribution in [3.05, 3.63) is 82.1 Å². The van der Waals surface area contributed by atoms with E-state index in [0.29, 0.717) is 23.4 Å². The molecule has 2 heterocycles. The first-order valence-corrected chi connectivity index (χ1v) is 13.7. The molecular formula is C31H39N3O4. The van der Waals surface area contributed by atoms with Crippen LogP contribution in [-0.4, -0.2) is 60.4 Å². The van der Waals surface area contributed by atoms with Gasteiger partial charge < -0.3 is 19.9 Å². The lowest BCUT2D eigenvalue weighted by atomic mass is 9.83. The van der Waals surface area contributed by atoms with Gasteiger partial charge in [0.25, 0.3) is 5.91 Å². The van der Waals surface area contributed by atoms with E-state index in [1.165, 1.54) is 19.3 Å². The molecule has 1 fully saturated rings. The molecule has 7 nitrogen and oxygen atoms in total. The van der Waals surface area contributed by atoms with Crippen molar-refractivity contribution in [1.82, 2.24) is 15.1 Å². The number of piperidine rings is 1. The molecule has 0 spiro atoms. The fourth-order valence-electron chi connectivity index (χ4n) is 5.37. The maximum atomic E-state index is 13.4. The predicted octanol–water partition coefficient (Wildman–Crippen LogP) is 4.56. The zero-order chi connectivity index (χ0) is 27.1. The molecule has 1 saturated heterocycles. The van der Waals surface area contributed by atoms with Crippen LogP contribution in [0.4, 0.5) is 0 Å². The molecule has 1 unspecified atom stereocenters. The van der Waals surface area contributed by atoms with E-state index in [1.54, 1.807) is 17.9 Å². The number of aryl methyl sites for hydroxylation is 1. The standard InChI is InChI=1S/C31H39N3O4/c1-4-38-31(37)29-23(3)34(28(35)20-27(29)25-13-11-22(2)12-14-25)21-24-9-8-10-26(19-24)30(36)32-15-18-33-16-6-5-7-17-33/h8-14,19,27H,4-7,15-18,20-21H2,1-3H3,(H,32,36). The molecule has 1 atom stereocenters. The van der Waals surface area contributed by atoms with Crippen LogP contribution in [0.2, 0.25) is 0 Å². The third-order valence-electron chi connectivity index (χ3n) is 7.49. The van der Waals surface area contributed by atoms with Crippen LogP contribution in [0.25, 0.3) is 0 Å². The lowest BCUT2D eigenvalue weighted by Crippen LogP contribution is -2.38. The number of hydrogen-bond acceptors (Lipinski definition) is 5. The number of amides is 2. The van der Waals surface area contributed by atoms with Gasteiger partial charge in [0.1, 0.15) is 0 Å². The van der Waals surface area contributed by atoms with E-state index in [9.17, 15) is 14.4 Å². The van der Waals surface area contributed by atoms with Crippen molar-refractivity contribution < 1.29 is 19.1 Å². The van der Waals surface area contributed by atoms with Crippen LogP contribution in [0.3, 0.4) is 0 Å². The Morgan fingerprint density at radius 1 is 1.03 bits per heavy atom. The number of rotatable bonds is 9. The normalized spacial score (nSPS) is 18.4. The average molecular weight is 518 g/mol. The molecule has 2 aromatic rings. The molecule has 1 N–H and O–H groups in total. The molecule has 38 heavy (non-hydrogen) atoms. The van der Waals surface area contributed by atoms with Crippen molar-refractivity contribution in [2.75, 3.05) is 32.8 Å². The highest BCUT2D eigenvalue weighted by molar-refractivity contribution is 5.96. The third kappa shape index (κ3) is 6.70. The van der Waals surface area contributed by atoms with Crippen molar-refractivity contribution in [2.45, 2.75) is 58.9 Å². The fraction of sp³-hybridized carbons (Fsp3) is 0.452. The summed E-state index contributed by atoms with van der Waals surface area (Å²) in [4.78, 5) is 43.2. The van der Waals surface area contributed by atoms with Gasteiger partial charge in [0.15, 0.2) is 0 Å². The zero-order valence-electron chi connectivity index (χ0n) is 22.8. The van der Waals surface area contributed by atoms with Gasteiger partial charge in [0.2, 0.25) is 5.91 Å². The summed E-state index contributed by atoms with van der Waals surface area (Å²) >= 11 is 0. The van der Waals surface area contributed by atoms with Gasteiger partial charge in [0.05, 0.1) is 18.7 Å². The van der Waals surface area contributed by atoms with Crippen LogP contribution in [0.5, 0.6) is 0 Å². The zero-order valence-corrected chi connectivity index (χ0v) is 22.8. The highest BCUT2D eigenvalue weighted by atomic mass is 16.5. The second-order valence-electron chi connectivity index (χ2n) is 10.2. The number of likely N-dealkylation sites (tertiary alicyclic amines) is 1. The van der Waals surface area contributed by atoms with Crippen LogP contribution in [-0.2, 0) is 20.9 Å². The summed E-state index contributed by atoms with van der Waals surface area (Å²) in [5, 5.41) is 3.03. The lowest BCUT2D eigenvalue weighted by molar-refractivity contribution is -0.140. The molecule has 2 aliphatic heterocycles. The van der Waals surface area contributed by atoms with Crippen molar-refractivity contribution in [3.63, 3.8) is 0 Å². The summed E-state index contributed by atoms with van der Waals surface area (Å²) in [5.74, 6) is -0.921. The summed E-state index contributed by atoms with van der Waals surface area (Å²) in [6, 6.07) is 15.3. The predicted molar refractivity (Wildman–Crippen MR) is 147 cm³/mol. The smallest absolute Gasteiger partial charge is 0.336 e. The molecule has 0 bridgehead atoms. The van der Waals surface area contributed by atoms with Gasteiger partial charge >= 0.3 is 5.97 Å². The Balaban J connectivity index is 1.50. The molecule has 202 valence electrons.